The molecule has 0 spiro atoms. The Bertz CT molecular complexity index is 225. The lowest BCUT2D eigenvalue weighted by atomic mass is 9.89. The van der Waals surface area contributed by atoms with E-state index in [0.717, 1.165) is 13.0 Å². The van der Waals surface area contributed by atoms with Crippen LogP contribution in [-0.2, 0) is 0 Å². The summed E-state index contributed by atoms with van der Waals surface area (Å²) in [5, 5.41) is 7.98. The number of hydrazone groups is 1. The normalized spacial score (nSPS) is 24.7. The number of hydrogen-bond donors (Lipinski definition) is 2. The van der Waals surface area contributed by atoms with Gasteiger partial charge in [0.2, 0.25) is 0 Å². The molecule has 0 amide bonds. The lowest BCUT2D eigenvalue weighted by Gasteiger charge is -2.20. The first kappa shape index (κ1) is 11.4. The van der Waals surface area contributed by atoms with Gasteiger partial charge in [0.05, 0.1) is 0 Å². The first-order valence-corrected chi connectivity index (χ1v) is 5.75. The van der Waals surface area contributed by atoms with E-state index in [1.165, 1.54) is 25.0 Å². The smallest absolute Gasteiger partial charge is 0.186 e. The van der Waals surface area contributed by atoms with E-state index in [4.69, 9.17) is 12.2 Å². The van der Waals surface area contributed by atoms with Crippen LogP contribution in [0.4, 0.5) is 0 Å². The van der Waals surface area contributed by atoms with Crippen molar-refractivity contribution in [2.75, 3.05) is 6.54 Å². The van der Waals surface area contributed by atoms with Crippen molar-refractivity contribution in [1.29, 1.82) is 0 Å². The van der Waals surface area contributed by atoms with Gasteiger partial charge in [0.15, 0.2) is 5.11 Å². The Morgan fingerprint density at radius 2 is 2.36 bits per heavy atom. The van der Waals surface area contributed by atoms with Crippen LogP contribution < -0.4 is 10.7 Å². The number of rotatable bonds is 2. The first-order chi connectivity index (χ1) is 6.74. The van der Waals surface area contributed by atoms with Gasteiger partial charge in [-0.3, -0.25) is 5.43 Å². The number of nitrogens with one attached hydrogen (secondary N) is 2. The van der Waals surface area contributed by atoms with E-state index in [2.05, 4.69) is 22.8 Å². The van der Waals surface area contributed by atoms with E-state index in [0.29, 0.717) is 11.0 Å². The highest BCUT2D eigenvalue weighted by atomic mass is 32.1. The van der Waals surface area contributed by atoms with E-state index in [9.17, 15) is 0 Å². The quantitative estimate of drug-likeness (QED) is 0.544. The molecule has 0 radical (unpaired) electrons. The zero-order valence-corrected chi connectivity index (χ0v) is 9.78. The van der Waals surface area contributed by atoms with Crippen LogP contribution in [0.5, 0.6) is 0 Å². The summed E-state index contributed by atoms with van der Waals surface area (Å²) in [6.45, 7) is 5.09. The van der Waals surface area contributed by atoms with Gasteiger partial charge in [0, 0.05) is 12.3 Å². The summed E-state index contributed by atoms with van der Waals surface area (Å²) in [5.74, 6) is 0.612. The average molecular weight is 213 g/mol. The standard InChI is InChI=1S/C10H19N3S/c1-3-11-10(14)13-12-9-7-5-4-6-8(9)2/h8H,3-7H2,1-2H3,(H2,11,13,14)/b12-9+. The van der Waals surface area contributed by atoms with Gasteiger partial charge >= 0.3 is 0 Å². The Hall–Kier alpha value is -0.640. The third-order valence-electron chi connectivity index (χ3n) is 2.53. The van der Waals surface area contributed by atoms with Crippen LogP contribution >= 0.6 is 12.2 Å². The molecule has 80 valence electrons. The summed E-state index contributed by atoms with van der Waals surface area (Å²) < 4.78 is 0. The molecule has 0 bridgehead atoms. The Morgan fingerprint density at radius 1 is 1.57 bits per heavy atom. The molecule has 1 aliphatic rings. The molecule has 0 aromatic heterocycles. The maximum absolute atomic E-state index is 5.03. The van der Waals surface area contributed by atoms with Gasteiger partial charge in [-0.05, 0) is 44.3 Å². The molecule has 1 saturated carbocycles. The number of thiocarbonyl (C=S) groups is 1. The molecule has 14 heavy (non-hydrogen) atoms. The fourth-order valence-corrected chi connectivity index (χ4v) is 1.85. The van der Waals surface area contributed by atoms with Crippen LogP contribution in [0, 0.1) is 5.92 Å². The van der Waals surface area contributed by atoms with Gasteiger partial charge in [-0.25, -0.2) is 0 Å². The molecule has 0 heterocycles. The number of nitrogens with zero attached hydrogens (tertiary/aromatic N) is 1. The largest absolute Gasteiger partial charge is 0.362 e. The maximum atomic E-state index is 5.03. The molecular formula is C10H19N3S. The summed E-state index contributed by atoms with van der Waals surface area (Å²) in [6, 6.07) is 0. The average Bonchev–Trinajstić information content (AvgIpc) is 2.17. The SMILES string of the molecule is CCNC(=S)N/N=C1\CCCCC1C. The van der Waals surface area contributed by atoms with E-state index in [-0.39, 0.29) is 0 Å². The number of hydrogen-bond acceptors (Lipinski definition) is 2. The first-order valence-electron chi connectivity index (χ1n) is 5.34. The van der Waals surface area contributed by atoms with Crippen molar-refractivity contribution >= 4 is 23.0 Å². The second-order valence-electron chi connectivity index (χ2n) is 3.72. The molecule has 0 saturated heterocycles. The summed E-state index contributed by atoms with van der Waals surface area (Å²) in [6.07, 6.45) is 4.97. The molecular weight excluding hydrogens is 194 g/mol. The minimum absolute atomic E-state index is 0.612. The molecule has 3 nitrogen and oxygen atoms in total. The topological polar surface area (TPSA) is 36.4 Å². The zero-order valence-electron chi connectivity index (χ0n) is 8.97. The van der Waals surface area contributed by atoms with Crippen LogP contribution in [-0.4, -0.2) is 17.4 Å². The molecule has 0 aromatic carbocycles. The molecule has 1 aliphatic carbocycles. The summed E-state index contributed by atoms with van der Waals surface area (Å²) in [4.78, 5) is 0. The van der Waals surface area contributed by atoms with E-state index >= 15 is 0 Å². The van der Waals surface area contributed by atoms with Crippen molar-refractivity contribution in [2.45, 2.75) is 39.5 Å². The lowest BCUT2D eigenvalue weighted by molar-refractivity contribution is 0.555. The molecule has 4 heteroatoms. The monoisotopic (exact) mass is 213 g/mol. The minimum Gasteiger partial charge on any atom is -0.362 e. The third kappa shape index (κ3) is 3.62. The van der Waals surface area contributed by atoms with Crippen LogP contribution in [0.15, 0.2) is 5.10 Å². The van der Waals surface area contributed by atoms with Crippen molar-refractivity contribution in [3.8, 4) is 0 Å². The van der Waals surface area contributed by atoms with Crippen LogP contribution in [0.3, 0.4) is 0 Å². The van der Waals surface area contributed by atoms with E-state index in [1.54, 1.807) is 0 Å². The summed E-state index contributed by atoms with van der Waals surface area (Å²) in [5.41, 5.74) is 4.15. The zero-order chi connectivity index (χ0) is 10.4. The highest BCUT2D eigenvalue weighted by molar-refractivity contribution is 7.80. The van der Waals surface area contributed by atoms with Gasteiger partial charge in [-0.1, -0.05) is 13.3 Å². The molecule has 1 rings (SSSR count). The molecule has 2 N–H and O–H groups in total. The maximum Gasteiger partial charge on any atom is 0.186 e. The fourth-order valence-electron chi connectivity index (χ4n) is 1.66. The third-order valence-corrected chi connectivity index (χ3v) is 2.76. The molecule has 1 unspecified atom stereocenters. The van der Waals surface area contributed by atoms with Gasteiger partial charge in [0.1, 0.15) is 0 Å². The molecule has 0 aromatic rings. The van der Waals surface area contributed by atoms with Crippen LogP contribution in [0.25, 0.3) is 0 Å². The Kier molecular flexibility index (Phi) is 4.87. The Morgan fingerprint density at radius 3 is 3.00 bits per heavy atom. The van der Waals surface area contributed by atoms with Crippen molar-refractivity contribution in [1.82, 2.24) is 10.7 Å². The minimum atomic E-state index is 0.612. The second kappa shape index (κ2) is 5.96. The highest BCUT2D eigenvalue weighted by Crippen LogP contribution is 2.20. The van der Waals surface area contributed by atoms with Crippen molar-refractivity contribution in [3.05, 3.63) is 0 Å². The van der Waals surface area contributed by atoms with Crippen molar-refractivity contribution < 1.29 is 0 Å². The van der Waals surface area contributed by atoms with Crippen molar-refractivity contribution in [3.63, 3.8) is 0 Å². The summed E-state index contributed by atoms with van der Waals surface area (Å²) >= 11 is 5.03. The Balaban J connectivity index is 2.38. The highest BCUT2D eigenvalue weighted by Gasteiger charge is 2.15. The predicted octanol–water partition coefficient (Wildman–Crippen LogP) is 2.04. The summed E-state index contributed by atoms with van der Waals surface area (Å²) in [7, 11) is 0. The Labute approximate surface area is 91.3 Å². The van der Waals surface area contributed by atoms with Crippen molar-refractivity contribution in [2.24, 2.45) is 11.0 Å². The van der Waals surface area contributed by atoms with Gasteiger partial charge < -0.3 is 5.32 Å². The molecule has 1 fully saturated rings. The van der Waals surface area contributed by atoms with Crippen LogP contribution in [0.2, 0.25) is 0 Å². The lowest BCUT2D eigenvalue weighted by Crippen LogP contribution is -2.33. The van der Waals surface area contributed by atoms with Gasteiger partial charge in [0.25, 0.3) is 0 Å². The van der Waals surface area contributed by atoms with E-state index in [1.807, 2.05) is 6.92 Å². The van der Waals surface area contributed by atoms with E-state index < -0.39 is 0 Å². The predicted molar refractivity (Wildman–Crippen MR) is 64.5 cm³/mol. The van der Waals surface area contributed by atoms with Gasteiger partial charge in [-0.2, -0.15) is 5.10 Å². The van der Waals surface area contributed by atoms with Crippen LogP contribution in [0.1, 0.15) is 39.5 Å². The fraction of sp³-hybridized carbons (Fsp3) is 0.800. The van der Waals surface area contributed by atoms with Gasteiger partial charge in [-0.15, -0.1) is 0 Å². The second-order valence-corrected chi connectivity index (χ2v) is 4.13. The molecule has 0 aliphatic heterocycles. The molecule has 1 atom stereocenters.